The van der Waals surface area contributed by atoms with Gasteiger partial charge in [0.15, 0.2) is 0 Å². The van der Waals surface area contributed by atoms with Crippen LogP contribution in [0.5, 0.6) is 0 Å². The summed E-state index contributed by atoms with van der Waals surface area (Å²) in [6, 6.07) is 5.10. The lowest BCUT2D eigenvalue weighted by atomic mass is 9.95. The van der Waals surface area contributed by atoms with Crippen molar-refractivity contribution in [2.24, 2.45) is 5.92 Å². The van der Waals surface area contributed by atoms with Crippen molar-refractivity contribution in [1.82, 2.24) is 19.9 Å². The molecule has 5 rings (SSSR count). The molecule has 1 atom stereocenters. The number of rotatable bonds is 4. The monoisotopic (exact) mass is 527 g/mol. The molecule has 186 valence electrons. The van der Waals surface area contributed by atoms with Crippen LogP contribution < -0.4 is 10.2 Å². The number of nitrogens with zero attached hydrogens (tertiary/aromatic N) is 4. The predicted molar refractivity (Wildman–Crippen MR) is 126 cm³/mol. The Bertz CT molecular complexity index is 1250. The van der Waals surface area contributed by atoms with Gasteiger partial charge >= 0.3 is 6.18 Å². The van der Waals surface area contributed by atoms with Crippen molar-refractivity contribution in [1.29, 1.82) is 0 Å². The van der Waals surface area contributed by atoms with Gasteiger partial charge in [0.25, 0.3) is 0 Å². The average molecular weight is 528 g/mol. The van der Waals surface area contributed by atoms with Gasteiger partial charge in [-0.05, 0) is 43.5 Å². The SMILES string of the molecule is O=C(NC1CCOC1)C1CCN(c2nc3cc(Cl)c(Cl)cc3n2-c2cc(C(F)(F)F)ccn2)CC1. The smallest absolute Gasteiger partial charge is 0.379 e. The molecule has 12 heteroatoms. The second-order valence-corrected chi connectivity index (χ2v) is 9.55. The molecule has 2 saturated heterocycles. The number of aromatic nitrogens is 3. The van der Waals surface area contributed by atoms with Crippen molar-refractivity contribution < 1.29 is 22.7 Å². The van der Waals surface area contributed by atoms with Crippen LogP contribution in [0.2, 0.25) is 10.0 Å². The van der Waals surface area contributed by atoms with Gasteiger partial charge in [0.1, 0.15) is 5.82 Å². The molecule has 4 heterocycles. The molecule has 2 aliphatic heterocycles. The van der Waals surface area contributed by atoms with Crippen molar-refractivity contribution in [3.8, 4) is 5.82 Å². The van der Waals surface area contributed by atoms with Gasteiger partial charge in [-0.25, -0.2) is 9.97 Å². The Morgan fingerprint density at radius 3 is 2.54 bits per heavy atom. The fraction of sp³-hybridized carbons (Fsp3) is 0.435. The molecule has 1 aromatic carbocycles. The number of nitrogens with one attached hydrogen (secondary N) is 1. The number of hydrogen-bond donors (Lipinski definition) is 1. The minimum absolute atomic E-state index is 0.00626. The van der Waals surface area contributed by atoms with E-state index in [4.69, 9.17) is 27.9 Å². The van der Waals surface area contributed by atoms with Crippen molar-refractivity contribution in [2.45, 2.75) is 31.5 Å². The minimum atomic E-state index is -4.52. The highest BCUT2D eigenvalue weighted by atomic mass is 35.5. The maximum atomic E-state index is 13.4. The molecule has 0 radical (unpaired) electrons. The molecule has 1 N–H and O–H groups in total. The van der Waals surface area contributed by atoms with Crippen LogP contribution >= 0.6 is 23.2 Å². The van der Waals surface area contributed by atoms with Gasteiger partial charge in [-0.1, -0.05) is 23.2 Å². The van der Waals surface area contributed by atoms with E-state index in [9.17, 15) is 18.0 Å². The van der Waals surface area contributed by atoms with Crippen molar-refractivity contribution >= 4 is 46.1 Å². The molecular weight excluding hydrogens is 506 g/mol. The molecule has 0 aliphatic carbocycles. The maximum absolute atomic E-state index is 13.4. The summed E-state index contributed by atoms with van der Waals surface area (Å²) in [5.41, 5.74) is 0.152. The minimum Gasteiger partial charge on any atom is -0.379 e. The number of fused-ring (bicyclic) bond motifs is 1. The van der Waals surface area contributed by atoms with E-state index in [-0.39, 0.29) is 28.7 Å². The lowest BCUT2D eigenvalue weighted by molar-refractivity contribution is -0.137. The second kappa shape index (κ2) is 9.48. The number of carbonyl (C=O) groups excluding carboxylic acids is 1. The van der Waals surface area contributed by atoms with E-state index in [2.05, 4.69) is 15.3 Å². The van der Waals surface area contributed by atoms with E-state index in [0.717, 1.165) is 24.8 Å². The highest BCUT2D eigenvalue weighted by molar-refractivity contribution is 6.42. The number of halogens is 5. The Labute approximate surface area is 209 Å². The van der Waals surface area contributed by atoms with Crippen LogP contribution in [0.4, 0.5) is 19.1 Å². The summed E-state index contributed by atoms with van der Waals surface area (Å²) in [6.45, 7) is 2.19. The molecule has 2 fully saturated rings. The van der Waals surface area contributed by atoms with Crippen LogP contribution in [-0.4, -0.2) is 52.8 Å². The Morgan fingerprint density at radius 1 is 1.11 bits per heavy atom. The van der Waals surface area contributed by atoms with Crippen molar-refractivity contribution in [2.75, 3.05) is 31.2 Å². The third-order valence-corrected chi connectivity index (χ3v) is 7.13. The number of piperidine rings is 1. The molecule has 0 spiro atoms. The Balaban J connectivity index is 1.46. The first-order chi connectivity index (χ1) is 16.7. The number of anilines is 1. The van der Waals surface area contributed by atoms with Crippen molar-refractivity contribution in [3.05, 3.63) is 46.1 Å². The van der Waals surface area contributed by atoms with Crippen molar-refractivity contribution in [3.63, 3.8) is 0 Å². The molecule has 0 saturated carbocycles. The lowest BCUT2D eigenvalue weighted by Crippen LogP contribution is -2.44. The fourth-order valence-corrected chi connectivity index (χ4v) is 4.84. The number of hydrogen-bond acceptors (Lipinski definition) is 5. The first-order valence-electron chi connectivity index (χ1n) is 11.2. The summed E-state index contributed by atoms with van der Waals surface area (Å²) in [4.78, 5) is 23.5. The molecule has 35 heavy (non-hydrogen) atoms. The molecule has 3 aromatic rings. The molecular formula is C23H22Cl2F3N5O2. The number of alkyl halides is 3. The standard InChI is InChI=1S/C23H22Cl2F3N5O2/c24-16-10-18-19(11-17(16)25)33(20-9-14(1-5-29-20)23(26,27)28)22(31-18)32-6-2-13(3-7-32)21(34)30-15-4-8-35-12-15/h1,5,9-11,13,15H,2-4,6-8,12H2,(H,30,34). The highest BCUT2D eigenvalue weighted by Crippen LogP contribution is 2.36. The van der Waals surface area contributed by atoms with E-state index in [1.807, 2.05) is 4.90 Å². The van der Waals surface area contributed by atoms with Gasteiger partial charge in [0.05, 0.1) is 39.3 Å². The normalized spacial score (nSPS) is 19.5. The van der Waals surface area contributed by atoms with Gasteiger partial charge in [-0.2, -0.15) is 13.2 Å². The number of ether oxygens (including phenoxy) is 1. The van der Waals surface area contributed by atoms with Gasteiger partial charge in [0.2, 0.25) is 11.9 Å². The third-order valence-electron chi connectivity index (χ3n) is 6.41. The van der Waals surface area contributed by atoms with Gasteiger partial charge in [-0.15, -0.1) is 0 Å². The predicted octanol–water partition coefficient (Wildman–Crippen LogP) is 4.87. The molecule has 2 aromatic heterocycles. The van der Waals surface area contributed by atoms with Crippen LogP contribution in [0.15, 0.2) is 30.5 Å². The number of amides is 1. The summed E-state index contributed by atoms with van der Waals surface area (Å²) in [5, 5.41) is 3.59. The summed E-state index contributed by atoms with van der Waals surface area (Å²) < 4.78 is 47.1. The highest BCUT2D eigenvalue weighted by Gasteiger charge is 2.33. The number of pyridine rings is 1. The number of imidazole rings is 1. The van der Waals surface area contributed by atoms with Crippen LogP contribution in [-0.2, 0) is 15.7 Å². The second-order valence-electron chi connectivity index (χ2n) is 8.73. The zero-order chi connectivity index (χ0) is 24.7. The van der Waals surface area contributed by atoms with E-state index < -0.39 is 11.7 Å². The van der Waals surface area contributed by atoms with E-state index >= 15 is 0 Å². The molecule has 7 nitrogen and oxygen atoms in total. The van der Waals surface area contributed by atoms with Crippen LogP contribution in [0.1, 0.15) is 24.8 Å². The van der Waals surface area contributed by atoms with E-state index in [0.29, 0.717) is 61.1 Å². The Hall–Kier alpha value is -2.56. The fourth-order valence-electron chi connectivity index (χ4n) is 4.52. The molecule has 2 aliphatic rings. The average Bonchev–Trinajstić information content (AvgIpc) is 3.47. The maximum Gasteiger partial charge on any atom is 0.416 e. The Morgan fingerprint density at radius 2 is 1.86 bits per heavy atom. The molecule has 0 bridgehead atoms. The van der Waals surface area contributed by atoms with Gasteiger partial charge < -0.3 is 15.0 Å². The summed E-state index contributed by atoms with van der Waals surface area (Å²) >= 11 is 12.4. The zero-order valence-electron chi connectivity index (χ0n) is 18.5. The van der Waals surface area contributed by atoms with E-state index in [1.165, 1.54) is 0 Å². The topological polar surface area (TPSA) is 72.3 Å². The summed E-state index contributed by atoms with van der Waals surface area (Å²) in [6.07, 6.45) is -1.43. The van der Waals surface area contributed by atoms with Gasteiger partial charge in [-0.3, -0.25) is 9.36 Å². The lowest BCUT2D eigenvalue weighted by Gasteiger charge is -2.32. The summed E-state index contributed by atoms with van der Waals surface area (Å²) in [7, 11) is 0. The third kappa shape index (κ3) is 4.92. The number of carbonyl (C=O) groups is 1. The van der Waals surface area contributed by atoms with Crippen LogP contribution in [0.3, 0.4) is 0 Å². The largest absolute Gasteiger partial charge is 0.416 e. The van der Waals surface area contributed by atoms with E-state index in [1.54, 1.807) is 16.7 Å². The number of benzene rings is 1. The van der Waals surface area contributed by atoms with Crippen LogP contribution in [0.25, 0.3) is 16.9 Å². The van der Waals surface area contributed by atoms with Gasteiger partial charge in [0, 0.05) is 31.8 Å². The Kier molecular flexibility index (Phi) is 6.54. The quantitative estimate of drug-likeness (QED) is 0.524. The molecule has 1 unspecified atom stereocenters. The molecule has 1 amide bonds. The first-order valence-corrected chi connectivity index (χ1v) is 12.0. The first kappa shape index (κ1) is 24.1. The van der Waals surface area contributed by atoms with Crippen LogP contribution in [0, 0.1) is 5.92 Å². The summed E-state index contributed by atoms with van der Waals surface area (Å²) in [5.74, 6) is 0.344. The zero-order valence-corrected chi connectivity index (χ0v) is 20.0.